The first kappa shape index (κ1) is 15.5. The predicted molar refractivity (Wildman–Crippen MR) is 108 cm³/mol. The van der Waals surface area contributed by atoms with Crippen molar-refractivity contribution >= 4 is 10.8 Å². The molecule has 2 heterocycles. The minimum atomic E-state index is 0.596. The van der Waals surface area contributed by atoms with E-state index in [2.05, 4.69) is 34.2 Å². The third-order valence-corrected chi connectivity index (χ3v) is 4.66. The maximum atomic E-state index is 6.19. The molecule has 0 saturated carbocycles. The van der Waals surface area contributed by atoms with Crippen molar-refractivity contribution in [2.75, 3.05) is 0 Å². The zero-order valence-electron chi connectivity index (χ0n) is 14.5. The first-order valence-electron chi connectivity index (χ1n) is 8.85. The van der Waals surface area contributed by atoms with Crippen LogP contribution in [0.25, 0.3) is 44.8 Å². The molecule has 0 spiro atoms. The molecule has 0 bridgehead atoms. The Morgan fingerprint density at radius 3 is 2.22 bits per heavy atom. The highest BCUT2D eigenvalue weighted by molar-refractivity contribution is 5.95. The Morgan fingerprint density at radius 2 is 1.33 bits per heavy atom. The van der Waals surface area contributed by atoms with Crippen molar-refractivity contribution in [2.45, 2.75) is 0 Å². The average Bonchev–Trinajstić information content (AvgIpc) is 3.24. The van der Waals surface area contributed by atoms with Gasteiger partial charge in [0.15, 0.2) is 5.76 Å². The van der Waals surface area contributed by atoms with Crippen molar-refractivity contribution in [3.63, 3.8) is 0 Å². The lowest BCUT2D eigenvalue weighted by atomic mass is 10.0. The van der Waals surface area contributed by atoms with Crippen LogP contribution in [0.5, 0.6) is 0 Å². The quantitative estimate of drug-likeness (QED) is 0.388. The van der Waals surface area contributed by atoms with E-state index in [9.17, 15) is 0 Å². The lowest BCUT2D eigenvalue weighted by Crippen LogP contribution is -1.87. The Bertz CT molecular complexity index is 1220. The van der Waals surface area contributed by atoms with Gasteiger partial charge in [-0.25, -0.2) is 4.98 Å². The van der Waals surface area contributed by atoms with Gasteiger partial charge in [0.1, 0.15) is 0 Å². The van der Waals surface area contributed by atoms with Crippen molar-refractivity contribution in [1.82, 2.24) is 9.97 Å². The number of aromatic nitrogens is 2. The van der Waals surface area contributed by atoms with Crippen LogP contribution < -0.4 is 0 Å². The molecule has 27 heavy (non-hydrogen) atoms. The van der Waals surface area contributed by atoms with Gasteiger partial charge in [0.05, 0.1) is 11.9 Å². The molecule has 128 valence electrons. The molecular weight excluding hydrogens is 332 g/mol. The first-order chi connectivity index (χ1) is 13.4. The Hall–Kier alpha value is -3.72. The molecule has 5 rings (SSSR count). The standard InChI is InChI=1S/C24H16N2O/c1-2-10-18-17(8-1)9-7-13-20(18)23-16-26-24(27-23)21-12-4-3-11-19(21)22-14-5-6-15-25-22/h1-16H. The summed E-state index contributed by atoms with van der Waals surface area (Å²) in [5, 5.41) is 2.34. The highest BCUT2D eigenvalue weighted by atomic mass is 16.4. The summed E-state index contributed by atoms with van der Waals surface area (Å²) < 4.78 is 6.19. The molecule has 3 heteroatoms. The largest absolute Gasteiger partial charge is 0.436 e. The molecule has 0 aliphatic heterocycles. The molecule has 0 saturated heterocycles. The lowest BCUT2D eigenvalue weighted by Gasteiger charge is -2.06. The fraction of sp³-hybridized carbons (Fsp3) is 0. The maximum Gasteiger partial charge on any atom is 0.227 e. The third kappa shape index (κ3) is 2.79. The van der Waals surface area contributed by atoms with Crippen molar-refractivity contribution in [2.24, 2.45) is 0 Å². The highest BCUT2D eigenvalue weighted by Crippen LogP contribution is 2.34. The van der Waals surface area contributed by atoms with Crippen LogP contribution in [0.15, 0.2) is 102 Å². The van der Waals surface area contributed by atoms with E-state index in [4.69, 9.17) is 4.42 Å². The smallest absolute Gasteiger partial charge is 0.227 e. The fourth-order valence-electron chi connectivity index (χ4n) is 3.38. The molecule has 0 aliphatic carbocycles. The van der Waals surface area contributed by atoms with Crippen LogP contribution in [0.1, 0.15) is 0 Å². The number of rotatable bonds is 3. The molecular formula is C24H16N2O. The van der Waals surface area contributed by atoms with Gasteiger partial charge in [-0.1, -0.05) is 66.7 Å². The summed E-state index contributed by atoms with van der Waals surface area (Å²) >= 11 is 0. The van der Waals surface area contributed by atoms with E-state index in [1.54, 1.807) is 12.4 Å². The van der Waals surface area contributed by atoms with E-state index >= 15 is 0 Å². The summed E-state index contributed by atoms with van der Waals surface area (Å²) in [7, 11) is 0. The second-order valence-corrected chi connectivity index (χ2v) is 6.32. The molecule has 3 aromatic carbocycles. The molecule has 0 unspecified atom stereocenters. The normalized spacial score (nSPS) is 11.0. The molecule has 0 amide bonds. The van der Waals surface area contributed by atoms with E-state index in [-0.39, 0.29) is 0 Å². The van der Waals surface area contributed by atoms with Gasteiger partial charge in [-0.3, -0.25) is 4.98 Å². The van der Waals surface area contributed by atoms with Gasteiger partial charge in [0.25, 0.3) is 0 Å². The topological polar surface area (TPSA) is 38.9 Å². The van der Waals surface area contributed by atoms with Crippen LogP contribution in [0, 0.1) is 0 Å². The summed E-state index contributed by atoms with van der Waals surface area (Å²) in [4.78, 5) is 9.03. The average molecular weight is 348 g/mol. The second-order valence-electron chi connectivity index (χ2n) is 6.32. The predicted octanol–water partition coefficient (Wildman–Crippen LogP) is 6.22. The van der Waals surface area contributed by atoms with Crippen LogP contribution >= 0.6 is 0 Å². The number of hydrogen-bond acceptors (Lipinski definition) is 3. The Balaban J connectivity index is 1.63. The Labute approximate surface area is 157 Å². The number of pyridine rings is 1. The van der Waals surface area contributed by atoms with Crippen LogP contribution in [0.4, 0.5) is 0 Å². The fourth-order valence-corrected chi connectivity index (χ4v) is 3.38. The van der Waals surface area contributed by atoms with Gasteiger partial charge in [0.2, 0.25) is 5.89 Å². The molecule has 0 aliphatic rings. The summed E-state index contributed by atoms with van der Waals surface area (Å²) in [5.74, 6) is 1.36. The summed E-state index contributed by atoms with van der Waals surface area (Å²) in [5.41, 5.74) is 3.88. The van der Waals surface area contributed by atoms with E-state index in [1.807, 2.05) is 60.7 Å². The molecule has 3 nitrogen and oxygen atoms in total. The van der Waals surface area contributed by atoms with Gasteiger partial charge in [-0.15, -0.1) is 0 Å². The maximum absolute atomic E-state index is 6.19. The van der Waals surface area contributed by atoms with Crippen molar-refractivity contribution in [3.05, 3.63) is 97.3 Å². The number of oxazole rings is 1. The summed E-state index contributed by atoms with van der Waals surface area (Å²) in [6.07, 6.45) is 3.59. The minimum Gasteiger partial charge on any atom is -0.436 e. The summed E-state index contributed by atoms with van der Waals surface area (Å²) in [6, 6.07) is 28.4. The number of fused-ring (bicyclic) bond motifs is 1. The van der Waals surface area contributed by atoms with Crippen molar-refractivity contribution in [3.8, 4) is 34.0 Å². The molecule has 0 fully saturated rings. The second kappa shape index (κ2) is 6.54. The van der Waals surface area contributed by atoms with Gasteiger partial charge in [0, 0.05) is 22.9 Å². The lowest BCUT2D eigenvalue weighted by molar-refractivity contribution is 0.589. The van der Waals surface area contributed by atoms with Gasteiger partial charge < -0.3 is 4.42 Å². The SMILES string of the molecule is c1ccc(-c2ccccc2-c2ncc(-c3cccc4ccccc34)o2)nc1. The Kier molecular flexibility index (Phi) is 3.76. The number of nitrogens with zero attached hydrogens (tertiary/aromatic N) is 2. The van der Waals surface area contributed by atoms with E-state index < -0.39 is 0 Å². The highest BCUT2D eigenvalue weighted by Gasteiger charge is 2.15. The van der Waals surface area contributed by atoms with Crippen LogP contribution in [-0.4, -0.2) is 9.97 Å². The minimum absolute atomic E-state index is 0.596. The van der Waals surface area contributed by atoms with Crippen molar-refractivity contribution in [1.29, 1.82) is 0 Å². The molecule has 0 N–H and O–H groups in total. The monoisotopic (exact) mass is 348 g/mol. The van der Waals surface area contributed by atoms with Crippen LogP contribution in [0.3, 0.4) is 0 Å². The number of benzene rings is 3. The van der Waals surface area contributed by atoms with Gasteiger partial charge in [-0.2, -0.15) is 0 Å². The van der Waals surface area contributed by atoms with Crippen molar-refractivity contribution < 1.29 is 4.42 Å². The van der Waals surface area contributed by atoms with Gasteiger partial charge >= 0.3 is 0 Å². The first-order valence-corrected chi connectivity index (χ1v) is 8.85. The van der Waals surface area contributed by atoms with Crippen LogP contribution in [-0.2, 0) is 0 Å². The number of hydrogen-bond donors (Lipinski definition) is 0. The van der Waals surface area contributed by atoms with E-state index in [0.29, 0.717) is 5.89 Å². The zero-order valence-corrected chi connectivity index (χ0v) is 14.5. The molecule has 0 atom stereocenters. The third-order valence-electron chi connectivity index (χ3n) is 4.66. The van der Waals surface area contributed by atoms with E-state index in [1.165, 1.54) is 5.39 Å². The Morgan fingerprint density at radius 1 is 0.593 bits per heavy atom. The molecule has 5 aromatic rings. The molecule has 2 aromatic heterocycles. The van der Waals surface area contributed by atoms with Gasteiger partial charge in [-0.05, 0) is 29.0 Å². The zero-order chi connectivity index (χ0) is 18.1. The summed E-state index contributed by atoms with van der Waals surface area (Å²) in [6.45, 7) is 0. The van der Waals surface area contributed by atoms with E-state index in [0.717, 1.165) is 33.5 Å². The van der Waals surface area contributed by atoms with Crippen LogP contribution in [0.2, 0.25) is 0 Å². The molecule has 0 radical (unpaired) electrons.